The lowest BCUT2D eigenvalue weighted by Gasteiger charge is -2.32. The predicted octanol–water partition coefficient (Wildman–Crippen LogP) is 0.107. The number of aliphatic hydroxyl groups excluding tert-OH is 1. The number of hydrogen-bond acceptors (Lipinski definition) is 3. The van der Waals surface area contributed by atoms with Gasteiger partial charge in [-0.25, -0.2) is 0 Å². The van der Waals surface area contributed by atoms with Crippen LogP contribution in [0.15, 0.2) is 0 Å². The molecule has 90 valence electrons. The van der Waals surface area contributed by atoms with Crippen molar-refractivity contribution in [2.24, 2.45) is 5.73 Å². The summed E-state index contributed by atoms with van der Waals surface area (Å²) in [5, 5.41) is 8.57. The number of rotatable bonds is 4. The molecule has 0 aromatic carbocycles. The van der Waals surface area contributed by atoms with Crippen molar-refractivity contribution in [1.82, 2.24) is 4.90 Å². The summed E-state index contributed by atoms with van der Waals surface area (Å²) < 4.78 is 37.2. The van der Waals surface area contributed by atoms with Crippen LogP contribution >= 0.6 is 0 Å². The summed E-state index contributed by atoms with van der Waals surface area (Å²) in [6.45, 7) is 1.66. The van der Waals surface area contributed by atoms with Gasteiger partial charge in [0, 0.05) is 13.1 Å². The third-order valence-electron chi connectivity index (χ3n) is 2.07. The lowest BCUT2D eigenvalue weighted by Crippen LogP contribution is -2.62. The second-order valence-electron chi connectivity index (χ2n) is 3.31. The van der Waals surface area contributed by atoms with Crippen molar-refractivity contribution < 1.29 is 23.1 Å². The fourth-order valence-electron chi connectivity index (χ4n) is 0.974. The molecule has 7 heteroatoms. The molecule has 0 bridgehead atoms. The maximum Gasteiger partial charge on any atom is 0.415 e. The molecule has 0 aromatic rings. The van der Waals surface area contributed by atoms with Gasteiger partial charge in [0.25, 0.3) is 5.91 Å². The van der Waals surface area contributed by atoms with Crippen LogP contribution in [0.4, 0.5) is 13.2 Å². The van der Waals surface area contributed by atoms with Gasteiger partial charge < -0.3 is 15.7 Å². The number of carbonyl (C=O) groups is 1. The van der Waals surface area contributed by atoms with E-state index in [4.69, 9.17) is 10.8 Å². The van der Waals surface area contributed by atoms with Gasteiger partial charge in [0.15, 0.2) is 5.54 Å². The number of alkyl halides is 3. The van der Waals surface area contributed by atoms with Gasteiger partial charge in [-0.15, -0.1) is 0 Å². The zero-order valence-corrected chi connectivity index (χ0v) is 8.64. The molecule has 3 N–H and O–H groups in total. The molecule has 0 fully saturated rings. The van der Waals surface area contributed by atoms with Crippen LogP contribution in [0, 0.1) is 0 Å². The molecular weight excluding hydrogens is 213 g/mol. The molecular formula is C8H15F3N2O2. The zero-order valence-electron chi connectivity index (χ0n) is 8.64. The SMILES string of the molecule is CCN(CCO)C(=O)C(C)(N)C(F)(F)F. The molecule has 0 aromatic heterocycles. The molecule has 0 spiro atoms. The highest BCUT2D eigenvalue weighted by Gasteiger charge is 2.55. The summed E-state index contributed by atoms with van der Waals surface area (Å²) in [6.07, 6.45) is -4.80. The summed E-state index contributed by atoms with van der Waals surface area (Å²) >= 11 is 0. The topological polar surface area (TPSA) is 66.6 Å². The second kappa shape index (κ2) is 4.80. The summed E-state index contributed by atoms with van der Waals surface area (Å²) in [6, 6.07) is 0. The molecule has 0 aliphatic heterocycles. The molecule has 4 nitrogen and oxygen atoms in total. The van der Waals surface area contributed by atoms with E-state index in [1.807, 2.05) is 0 Å². The van der Waals surface area contributed by atoms with E-state index in [0.717, 1.165) is 4.90 Å². The molecule has 0 heterocycles. The average molecular weight is 228 g/mol. The van der Waals surface area contributed by atoms with Crippen molar-refractivity contribution in [3.63, 3.8) is 0 Å². The Morgan fingerprint density at radius 1 is 1.47 bits per heavy atom. The molecule has 0 saturated carbocycles. The summed E-state index contributed by atoms with van der Waals surface area (Å²) in [7, 11) is 0. The van der Waals surface area contributed by atoms with E-state index >= 15 is 0 Å². The number of likely N-dealkylation sites (N-methyl/N-ethyl adjacent to an activating group) is 1. The lowest BCUT2D eigenvalue weighted by atomic mass is 10.0. The molecule has 0 rings (SSSR count). The molecule has 1 amide bonds. The number of aliphatic hydroxyl groups is 1. The highest BCUT2D eigenvalue weighted by atomic mass is 19.4. The van der Waals surface area contributed by atoms with Gasteiger partial charge in [-0.2, -0.15) is 13.2 Å². The van der Waals surface area contributed by atoms with E-state index in [1.165, 1.54) is 6.92 Å². The number of nitrogens with zero attached hydrogens (tertiary/aromatic N) is 1. The highest BCUT2D eigenvalue weighted by molar-refractivity contribution is 5.86. The van der Waals surface area contributed by atoms with Crippen molar-refractivity contribution in [3.05, 3.63) is 0 Å². The Morgan fingerprint density at radius 3 is 2.20 bits per heavy atom. The largest absolute Gasteiger partial charge is 0.415 e. The monoisotopic (exact) mass is 228 g/mol. The number of hydrogen-bond donors (Lipinski definition) is 2. The lowest BCUT2D eigenvalue weighted by molar-refractivity contribution is -0.193. The van der Waals surface area contributed by atoms with Crippen molar-refractivity contribution in [2.75, 3.05) is 19.7 Å². The van der Waals surface area contributed by atoms with Crippen LogP contribution in [-0.4, -0.2) is 47.3 Å². The Morgan fingerprint density at radius 2 is 1.93 bits per heavy atom. The minimum atomic E-state index is -4.80. The van der Waals surface area contributed by atoms with Crippen LogP contribution in [0.5, 0.6) is 0 Å². The Kier molecular flexibility index (Phi) is 4.54. The standard InChI is InChI=1S/C8H15F3N2O2/c1-3-13(4-5-14)6(15)7(2,12)8(9,10)11/h14H,3-5,12H2,1-2H3. The van der Waals surface area contributed by atoms with Gasteiger partial charge in [-0.05, 0) is 13.8 Å². The molecule has 0 radical (unpaired) electrons. The fraction of sp³-hybridized carbons (Fsp3) is 0.875. The molecule has 0 aliphatic carbocycles. The third-order valence-corrected chi connectivity index (χ3v) is 2.07. The van der Waals surface area contributed by atoms with Gasteiger partial charge in [0.2, 0.25) is 0 Å². The van der Waals surface area contributed by atoms with E-state index in [9.17, 15) is 18.0 Å². The first-order valence-corrected chi connectivity index (χ1v) is 4.44. The van der Waals surface area contributed by atoms with Gasteiger partial charge in [0.1, 0.15) is 0 Å². The Balaban J connectivity index is 4.81. The van der Waals surface area contributed by atoms with Gasteiger partial charge in [-0.3, -0.25) is 4.79 Å². The molecule has 1 unspecified atom stereocenters. The van der Waals surface area contributed by atoms with Gasteiger partial charge >= 0.3 is 6.18 Å². The van der Waals surface area contributed by atoms with Crippen molar-refractivity contribution in [3.8, 4) is 0 Å². The van der Waals surface area contributed by atoms with Crippen molar-refractivity contribution >= 4 is 5.91 Å². The Labute approximate surface area is 85.8 Å². The van der Waals surface area contributed by atoms with Crippen LogP contribution in [0.3, 0.4) is 0 Å². The van der Waals surface area contributed by atoms with Crippen LogP contribution in [-0.2, 0) is 4.79 Å². The van der Waals surface area contributed by atoms with E-state index in [0.29, 0.717) is 6.92 Å². The first-order chi connectivity index (χ1) is 6.68. The Hall–Kier alpha value is -0.820. The fourth-order valence-corrected chi connectivity index (χ4v) is 0.974. The summed E-state index contributed by atoms with van der Waals surface area (Å²) in [5.41, 5.74) is 2.04. The number of nitrogens with two attached hydrogens (primary N) is 1. The summed E-state index contributed by atoms with van der Waals surface area (Å²) in [5.74, 6) is -1.23. The Bertz CT molecular complexity index is 228. The first-order valence-electron chi connectivity index (χ1n) is 4.44. The molecule has 15 heavy (non-hydrogen) atoms. The van der Waals surface area contributed by atoms with E-state index in [-0.39, 0.29) is 13.1 Å². The van der Waals surface area contributed by atoms with Crippen LogP contribution in [0.2, 0.25) is 0 Å². The maximum atomic E-state index is 12.4. The van der Waals surface area contributed by atoms with E-state index in [2.05, 4.69) is 0 Å². The average Bonchev–Trinajstić information content (AvgIpc) is 2.11. The number of halogens is 3. The van der Waals surface area contributed by atoms with Gasteiger partial charge in [-0.1, -0.05) is 0 Å². The van der Waals surface area contributed by atoms with Crippen molar-refractivity contribution in [2.45, 2.75) is 25.6 Å². The minimum Gasteiger partial charge on any atom is -0.395 e. The molecule has 0 aliphatic rings. The van der Waals surface area contributed by atoms with Crippen LogP contribution < -0.4 is 5.73 Å². The van der Waals surface area contributed by atoms with Gasteiger partial charge in [0.05, 0.1) is 6.61 Å². The smallest absolute Gasteiger partial charge is 0.395 e. The van der Waals surface area contributed by atoms with E-state index < -0.39 is 24.2 Å². The van der Waals surface area contributed by atoms with E-state index in [1.54, 1.807) is 0 Å². The predicted molar refractivity (Wildman–Crippen MR) is 48.0 cm³/mol. The molecule has 1 atom stereocenters. The zero-order chi connectivity index (χ0) is 12.3. The maximum absolute atomic E-state index is 12.4. The van der Waals surface area contributed by atoms with Crippen LogP contribution in [0.1, 0.15) is 13.8 Å². The highest BCUT2D eigenvalue weighted by Crippen LogP contribution is 2.29. The normalized spacial score (nSPS) is 15.9. The summed E-state index contributed by atoms with van der Waals surface area (Å²) in [4.78, 5) is 12.3. The minimum absolute atomic E-state index is 0.0717. The second-order valence-corrected chi connectivity index (χ2v) is 3.31. The first kappa shape index (κ1) is 14.2. The third kappa shape index (κ3) is 3.07. The quantitative estimate of drug-likeness (QED) is 0.717. The number of amides is 1. The molecule has 0 saturated heterocycles. The van der Waals surface area contributed by atoms with Crippen LogP contribution in [0.25, 0.3) is 0 Å². The van der Waals surface area contributed by atoms with Crippen molar-refractivity contribution in [1.29, 1.82) is 0 Å². The number of carbonyl (C=O) groups excluding carboxylic acids is 1.